The Bertz CT molecular complexity index is 762. The van der Waals surface area contributed by atoms with E-state index in [4.69, 9.17) is 10.5 Å². The molecule has 0 bridgehead atoms. The van der Waals surface area contributed by atoms with E-state index in [1.807, 2.05) is 0 Å². The van der Waals surface area contributed by atoms with Gasteiger partial charge in [0.25, 0.3) is 5.91 Å². The summed E-state index contributed by atoms with van der Waals surface area (Å²) in [5.74, 6) is 0.346. The van der Waals surface area contributed by atoms with E-state index in [1.54, 1.807) is 18.2 Å². The lowest BCUT2D eigenvalue weighted by molar-refractivity contribution is -0.135. The molecule has 0 aromatic heterocycles. The summed E-state index contributed by atoms with van der Waals surface area (Å²) < 4.78 is 5.08. The highest BCUT2D eigenvalue weighted by atomic mass is 35.5. The number of imide groups is 1. The number of carbonyl (C=O) groups is 3. The Balaban J connectivity index is 0.00000280. The number of nitrogens with one attached hydrogen (secondary N) is 2. The van der Waals surface area contributed by atoms with Gasteiger partial charge < -0.3 is 21.1 Å². The lowest BCUT2D eigenvalue weighted by Gasteiger charge is -2.34. The molecule has 0 radical (unpaired) electrons. The van der Waals surface area contributed by atoms with Gasteiger partial charge >= 0.3 is 6.03 Å². The Kier molecular flexibility index (Phi) is 6.77. The molecule has 2 aliphatic rings. The molecule has 1 saturated carbocycles. The van der Waals surface area contributed by atoms with Gasteiger partial charge in [0.2, 0.25) is 5.91 Å². The van der Waals surface area contributed by atoms with Gasteiger partial charge in [-0.25, -0.2) is 4.79 Å². The van der Waals surface area contributed by atoms with Crippen molar-refractivity contribution in [2.45, 2.75) is 44.6 Å². The van der Waals surface area contributed by atoms with Gasteiger partial charge in [-0.3, -0.25) is 14.5 Å². The van der Waals surface area contributed by atoms with Gasteiger partial charge in [0.05, 0.1) is 12.8 Å². The molecule has 4 N–H and O–H groups in total. The maximum absolute atomic E-state index is 12.8. The number of benzene rings is 1. The van der Waals surface area contributed by atoms with Crippen LogP contribution in [0, 0.1) is 5.92 Å². The van der Waals surface area contributed by atoms with Crippen molar-refractivity contribution in [2.24, 2.45) is 5.92 Å². The average molecular weight is 411 g/mol. The zero-order valence-electron chi connectivity index (χ0n) is 16.1. The highest BCUT2D eigenvalue weighted by molar-refractivity contribution is 6.10. The van der Waals surface area contributed by atoms with E-state index in [9.17, 15) is 14.4 Å². The van der Waals surface area contributed by atoms with E-state index in [1.165, 1.54) is 7.11 Å². The number of nitrogens with zero attached hydrogens (tertiary/aromatic N) is 1. The molecule has 28 heavy (non-hydrogen) atoms. The molecule has 0 unspecified atom stereocenters. The molecule has 8 nitrogen and oxygen atoms in total. The zero-order chi connectivity index (χ0) is 19.6. The molecule has 1 aromatic carbocycles. The topological polar surface area (TPSA) is 114 Å². The maximum atomic E-state index is 12.8. The fourth-order valence-electron chi connectivity index (χ4n) is 3.89. The Hall–Kier alpha value is -2.48. The Morgan fingerprint density at radius 1 is 1.36 bits per heavy atom. The number of hydrogen-bond acceptors (Lipinski definition) is 5. The highest BCUT2D eigenvalue weighted by Crippen LogP contribution is 2.37. The van der Waals surface area contributed by atoms with Crippen molar-refractivity contribution in [3.8, 4) is 5.75 Å². The number of halogens is 1. The van der Waals surface area contributed by atoms with Crippen LogP contribution in [0.2, 0.25) is 0 Å². The number of ether oxygens (including phenoxy) is 1. The number of nitrogens with two attached hydrogens (primary N) is 1. The van der Waals surface area contributed by atoms with Crippen LogP contribution in [0.3, 0.4) is 0 Å². The fraction of sp³-hybridized carbons (Fsp3) is 0.526. The molecule has 3 rings (SSSR count). The van der Waals surface area contributed by atoms with E-state index in [0.29, 0.717) is 35.9 Å². The monoisotopic (exact) mass is 410 g/mol. The number of rotatable bonds is 5. The molecular weight excluding hydrogens is 384 g/mol. The zero-order valence-corrected chi connectivity index (χ0v) is 16.9. The number of nitrogen functional groups attached to an aromatic ring is 1. The number of methoxy groups -OCH3 is 1. The largest absolute Gasteiger partial charge is 0.495 e. The van der Waals surface area contributed by atoms with Crippen LogP contribution in [0.25, 0.3) is 0 Å². The predicted molar refractivity (Wildman–Crippen MR) is 109 cm³/mol. The van der Waals surface area contributed by atoms with Crippen molar-refractivity contribution in [1.82, 2.24) is 10.2 Å². The van der Waals surface area contributed by atoms with Gasteiger partial charge in [0.1, 0.15) is 17.8 Å². The van der Waals surface area contributed by atoms with Crippen molar-refractivity contribution in [1.29, 1.82) is 0 Å². The van der Waals surface area contributed by atoms with Crippen molar-refractivity contribution >= 4 is 41.6 Å². The standard InChI is InChI=1S/C19H26N4O4.ClH/c1-3-12-6-8-19(9-7-12)17(25)23(18(26)22-19)11-16(24)21-13-4-5-15(27-2)14(20)10-13;/h4-5,10,12H,3,6-9,11,20H2,1-2H3,(H,21,24)(H,22,26);1H. The van der Waals surface area contributed by atoms with E-state index < -0.39 is 17.5 Å². The number of amides is 4. The second-order valence-electron chi connectivity index (χ2n) is 7.26. The molecule has 1 aliphatic heterocycles. The Labute approximate surface area is 170 Å². The van der Waals surface area contributed by atoms with E-state index in [2.05, 4.69) is 17.6 Å². The van der Waals surface area contributed by atoms with Gasteiger partial charge in [-0.05, 0) is 49.8 Å². The van der Waals surface area contributed by atoms with Gasteiger partial charge in [0, 0.05) is 5.69 Å². The second-order valence-corrected chi connectivity index (χ2v) is 7.26. The lowest BCUT2D eigenvalue weighted by Crippen LogP contribution is -2.49. The van der Waals surface area contributed by atoms with Crippen molar-refractivity contribution < 1.29 is 19.1 Å². The maximum Gasteiger partial charge on any atom is 0.325 e. The molecule has 1 aromatic rings. The quantitative estimate of drug-likeness (QED) is 0.509. The summed E-state index contributed by atoms with van der Waals surface area (Å²) in [5, 5.41) is 5.49. The van der Waals surface area contributed by atoms with E-state index in [0.717, 1.165) is 24.2 Å². The van der Waals surface area contributed by atoms with Crippen LogP contribution in [0.1, 0.15) is 39.0 Å². The molecule has 1 heterocycles. The van der Waals surface area contributed by atoms with Crippen LogP contribution in [0.15, 0.2) is 18.2 Å². The summed E-state index contributed by atoms with van der Waals surface area (Å²) in [6, 6.07) is 4.35. The predicted octanol–water partition coefficient (Wildman–Crippen LogP) is 2.53. The summed E-state index contributed by atoms with van der Waals surface area (Å²) in [5.41, 5.74) is 5.85. The second kappa shape index (κ2) is 8.68. The van der Waals surface area contributed by atoms with Crippen LogP contribution >= 0.6 is 12.4 Å². The first-order valence-electron chi connectivity index (χ1n) is 9.26. The van der Waals surface area contributed by atoms with Crippen LogP contribution in [0.5, 0.6) is 5.75 Å². The SMILES string of the molecule is CCC1CCC2(CC1)NC(=O)N(CC(=O)Nc1ccc(OC)c(N)c1)C2=O.Cl. The van der Waals surface area contributed by atoms with Gasteiger partial charge in [0.15, 0.2) is 0 Å². The minimum Gasteiger partial charge on any atom is -0.495 e. The first-order chi connectivity index (χ1) is 12.9. The van der Waals surface area contributed by atoms with Gasteiger partial charge in [-0.1, -0.05) is 13.3 Å². The first kappa shape index (κ1) is 21.8. The summed E-state index contributed by atoms with van der Waals surface area (Å²) in [7, 11) is 1.51. The number of anilines is 2. The van der Waals surface area contributed by atoms with Gasteiger partial charge in [-0.2, -0.15) is 0 Å². The molecule has 1 aliphatic carbocycles. The summed E-state index contributed by atoms with van der Waals surface area (Å²) in [6.45, 7) is 1.82. The summed E-state index contributed by atoms with van der Waals surface area (Å²) in [6.07, 6.45) is 4.16. The summed E-state index contributed by atoms with van der Waals surface area (Å²) in [4.78, 5) is 38.5. The summed E-state index contributed by atoms with van der Waals surface area (Å²) >= 11 is 0. The van der Waals surface area contributed by atoms with Crippen molar-refractivity contribution in [2.75, 3.05) is 24.7 Å². The molecule has 154 valence electrons. The third-order valence-electron chi connectivity index (χ3n) is 5.60. The minimum atomic E-state index is -0.840. The molecule has 1 spiro atoms. The Morgan fingerprint density at radius 2 is 2.04 bits per heavy atom. The number of urea groups is 1. The number of hydrogen-bond donors (Lipinski definition) is 3. The molecule has 1 saturated heterocycles. The fourth-order valence-corrected chi connectivity index (χ4v) is 3.89. The van der Waals surface area contributed by atoms with E-state index in [-0.39, 0.29) is 24.9 Å². The minimum absolute atomic E-state index is 0. The normalized spacial score (nSPS) is 23.9. The van der Waals surface area contributed by atoms with Crippen LogP contribution in [-0.4, -0.2) is 41.9 Å². The van der Waals surface area contributed by atoms with Gasteiger partial charge in [-0.15, -0.1) is 12.4 Å². The van der Waals surface area contributed by atoms with Crippen LogP contribution < -0.4 is 21.1 Å². The third kappa shape index (κ3) is 4.16. The van der Waals surface area contributed by atoms with Crippen LogP contribution in [0.4, 0.5) is 16.2 Å². The molecule has 0 atom stereocenters. The molecular formula is C19H27ClN4O4. The molecule has 9 heteroatoms. The highest BCUT2D eigenvalue weighted by Gasteiger charge is 2.52. The smallest absolute Gasteiger partial charge is 0.325 e. The third-order valence-corrected chi connectivity index (χ3v) is 5.60. The lowest BCUT2D eigenvalue weighted by atomic mass is 9.75. The molecule has 4 amide bonds. The van der Waals surface area contributed by atoms with Crippen molar-refractivity contribution in [3.05, 3.63) is 18.2 Å². The first-order valence-corrected chi connectivity index (χ1v) is 9.26. The van der Waals surface area contributed by atoms with Crippen LogP contribution in [-0.2, 0) is 9.59 Å². The van der Waals surface area contributed by atoms with E-state index >= 15 is 0 Å². The molecule has 2 fully saturated rings. The Morgan fingerprint density at radius 3 is 2.61 bits per heavy atom. The number of carbonyl (C=O) groups excluding carboxylic acids is 3. The average Bonchev–Trinajstić information content (AvgIpc) is 2.87. The van der Waals surface area contributed by atoms with Crippen molar-refractivity contribution in [3.63, 3.8) is 0 Å².